The average molecular weight is 619 g/mol. The van der Waals surface area contributed by atoms with Crippen LogP contribution < -0.4 is 20.4 Å². The Morgan fingerprint density at radius 3 is 1.11 bits per heavy atom. The molecule has 2 fully saturated rings. The number of aliphatic hydroxyl groups is 2. The van der Waals surface area contributed by atoms with E-state index in [1.54, 1.807) is 72.8 Å². The lowest BCUT2D eigenvalue weighted by atomic mass is 10.0. The molecule has 46 heavy (non-hydrogen) atoms. The smallest absolute Gasteiger partial charge is 0.255 e. The number of nitrogens with zero attached hydrogens (tertiary/aromatic N) is 2. The molecule has 4 aromatic rings. The molecule has 2 aliphatic rings. The Morgan fingerprint density at radius 1 is 0.478 bits per heavy atom. The lowest BCUT2D eigenvalue weighted by Crippen LogP contribution is -2.35. The van der Waals surface area contributed by atoms with E-state index in [1.165, 1.54) is 0 Å². The van der Waals surface area contributed by atoms with Crippen molar-refractivity contribution in [2.45, 2.75) is 37.9 Å². The largest absolute Gasteiger partial charge is 0.393 e. The van der Waals surface area contributed by atoms with Gasteiger partial charge in [-0.05, 0) is 123 Å². The van der Waals surface area contributed by atoms with Crippen LogP contribution in [0.1, 0.15) is 62.3 Å². The van der Waals surface area contributed by atoms with Gasteiger partial charge in [0.05, 0.1) is 12.2 Å². The number of ketones is 1. The quantitative estimate of drug-likeness (QED) is 0.197. The first kappa shape index (κ1) is 31.0. The van der Waals surface area contributed by atoms with Gasteiger partial charge in [-0.1, -0.05) is 0 Å². The Morgan fingerprint density at radius 2 is 0.783 bits per heavy atom. The van der Waals surface area contributed by atoms with Crippen LogP contribution >= 0.6 is 0 Å². The third-order valence-corrected chi connectivity index (χ3v) is 8.73. The van der Waals surface area contributed by atoms with Crippen LogP contribution in [-0.4, -0.2) is 66.2 Å². The van der Waals surface area contributed by atoms with E-state index in [2.05, 4.69) is 20.4 Å². The number of amides is 2. The number of nitrogens with one attached hydrogen (secondary N) is 2. The number of hydrogen-bond donors (Lipinski definition) is 4. The Labute approximate surface area is 268 Å². The highest BCUT2D eigenvalue weighted by molar-refractivity contribution is 6.10. The summed E-state index contributed by atoms with van der Waals surface area (Å²) in [5.41, 5.74) is 5.25. The summed E-state index contributed by atoms with van der Waals surface area (Å²) in [6, 6.07) is 28.4. The maximum Gasteiger partial charge on any atom is 0.255 e. The van der Waals surface area contributed by atoms with Gasteiger partial charge in [0.15, 0.2) is 5.78 Å². The maximum atomic E-state index is 13.1. The summed E-state index contributed by atoms with van der Waals surface area (Å²) in [6.07, 6.45) is 2.50. The molecule has 0 aliphatic carbocycles. The third kappa shape index (κ3) is 7.44. The summed E-state index contributed by atoms with van der Waals surface area (Å²) in [5.74, 6) is -0.649. The van der Waals surface area contributed by atoms with Crippen LogP contribution in [0, 0.1) is 0 Å². The molecule has 4 N–H and O–H groups in total. The molecule has 0 unspecified atom stereocenters. The second-order valence-corrected chi connectivity index (χ2v) is 11.9. The summed E-state index contributed by atoms with van der Waals surface area (Å²) < 4.78 is 0. The Hall–Kier alpha value is -4.99. The zero-order chi connectivity index (χ0) is 32.0. The van der Waals surface area contributed by atoms with E-state index in [0.29, 0.717) is 33.6 Å². The number of carbonyl (C=O) groups excluding carboxylic acids is 3. The van der Waals surface area contributed by atoms with Crippen molar-refractivity contribution in [2.24, 2.45) is 0 Å². The number of rotatable bonds is 8. The summed E-state index contributed by atoms with van der Waals surface area (Å²) in [7, 11) is 0. The highest BCUT2D eigenvalue weighted by Crippen LogP contribution is 2.23. The van der Waals surface area contributed by atoms with Crippen molar-refractivity contribution in [3.8, 4) is 0 Å². The highest BCUT2D eigenvalue weighted by atomic mass is 16.3. The predicted molar refractivity (Wildman–Crippen MR) is 180 cm³/mol. The number of benzene rings is 4. The van der Waals surface area contributed by atoms with Crippen molar-refractivity contribution >= 4 is 40.3 Å². The molecule has 4 aromatic carbocycles. The van der Waals surface area contributed by atoms with Crippen LogP contribution in [0.2, 0.25) is 0 Å². The van der Waals surface area contributed by atoms with E-state index < -0.39 is 0 Å². The van der Waals surface area contributed by atoms with Gasteiger partial charge in [0.2, 0.25) is 0 Å². The first-order valence-electron chi connectivity index (χ1n) is 15.8. The monoisotopic (exact) mass is 618 g/mol. The van der Waals surface area contributed by atoms with Crippen LogP contribution in [-0.2, 0) is 0 Å². The molecule has 0 spiro atoms. The van der Waals surface area contributed by atoms with Gasteiger partial charge in [-0.2, -0.15) is 0 Å². The standard InChI is InChI=1S/C37H38N4O5/c42-33-17-21-40(22-18-33)31-13-5-27(6-14-31)36(45)38-29-9-1-25(2-10-29)35(44)26-3-11-30(12-4-26)39-37(46)28-7-15-32(16-8-28)41-23-19-34(43)20-24-41/h1-16,33-34,42-43H,17-24H2,(H,38,45)(H,39,46). The number of hydrogen-bond acceptors (Lipinski definition) is 7. The fourth-order valence-corrected chi connectivity index (χ4v) is 5.88. The van der Waals surface area contributed by atoms with Gasteiger partial charge in [0, 0.05) is 71.2 Å². The highest BCUT2D eigenvalue weighted by Gasteiger charge is 2.19. The van der Waals surface area contributed by atoms with E-state index in [1.807, 2.05) is 24.3 Å². The summed E-state index contributed by atoms with van der Waals surface area (Å²) in [4.78, 5) is 43.1. The summed E-state index contributed by atoms with van der Waals surface area (Å²) in [5, 5.41) is 25.2. The molecular formula is C37H38N4O5. The van der Waals surface area contributed by atoms with Crippen molar-refractivity contribution in [3.05, 3.63) is 119 Å². The Kier molecular flexibility index (Phi) is 9.42. The molecule has 2 amide bonds. The zero-order valence-corrected chi connectivity index (χ0v) is 25.6. The van der Waals surface area contributed by atoms with Crippen molar-refractivity contribution in [3.63, 3.8) is 0 Å². The Balaban J connectivity index is 1.00. The van der Waals surface area contributed by atoms with Gasteiger partial charge < -0.3 is 30.6 Å². The van der Waals surface area contributed by atoms with Crippen molar-refractivity contribution in [2.75, 3.05) is 46.6 Å². The molecule has 2 saturated heterocycles. The lowest BCUT2D eigenvalue weighted by molar-refractivity contribution is 0.101. The second kappa shape index (κ2) is 14.0. The zero-order valence-electron chi connectivity index (χ0n) is 25.6. The van der Waals surface area contributed by atoms with Crippen molar-refractivity contribution in [1.29, 1.82) is 0 Å². The molecule has 0 radical (unpaired) electrons. The molecule has 0 bridgehead atoms. The summed E-state index contributed by atoms with van der Waals surface area (Å²) >= 11 is 0. The minimum absolute atomic E-state index is 0.169. The van der Waals surface area contributed by atoms with E-state index in [0.717, 1.165) is 63.2 Å². The molecule has 9 heteroatoms. The van der Waals surface area contributed by atoms with Gasteiger partial charge in [0.1, 0.15) is 0 Å². The Bertz CT molecular complexity index is 1530. The average Bonchev–Trinajstić information content (AvgIpc) is 3.09. The number of piperidine rings is 2. The molecule has 2 aliphatic heterocycles. The van der Waals surface area contributed by atoms with Gasteiger partial charge in [-0.3, -0.25) is 14.4 Å². The van der Waals surface area contributed by atoms with Crippen LogP contribution in [0.15, 0.2) is 97.1 Å². The van der Waals surface area contributed by atoms with Crippen LogP contribution in [0.3, 0.4) is 0 Å². The van der Waals surface area contributed by atoms with Crippen LogP contribution in [0.25, 0.3) is 0 Å². The molecule has 9 nitrogen and oxygen atoms in total. The van der Waals surface area contributed by atoms with E-state index in [9.17, 15) is 24.6 Å². The van der Waals surface area contributed by atoms with E-state index in [-0.39, 0.29) is 29.8 Å². The van der Waals surface area contributed by atoms with E-state index >= 15 is 0 Å². The number of anilines is 4. The van der Waals surface area contributed by atoms with Gasteiger partial charge in [-0.15, -0.1) is 0 Å². The summed E-state index contributed by atoms with van der Waals surface area (Å²) in [6.45, 7) is 3.17. The van der Waals surface area contributed by atoms with Gasteiger partial charge in [-0.25, -0.2) is 0 Å². The van der Waals surface area contributed by atoms with Gasteiger partial charge in [0.25, 0.3) is 11.8 Å². The molecule has 236 valence electrons. The van der Waals surface area contributed by atoms with Crippen LogP contribution in [0.4, 0.5) is 22.7 Å². The first-order chi connectivity index (χ1) is 22.3. The SMILES string of the molecule is O=C(Nc1ccc(C(=O)c2ccc(NC(=O)c3ccc(N4CCC(O)CC4)cc3)cc2)cc1)c1ccc(N2CCC(O)CC2)cc1. The number of carbonyl (C=O) groups is 3. The maximum absolute atomic E-state index is 13.1. The molecule has 2 heterocycles. The van der Waals surface area contributed by atoms with E-state index in [4.69, 9.17) is 0 Å². The predicted octanol–water partition coefficient (Wildman–Crippen LogP) is 5.34. The van der Waals surface area contributed by atoms with Crippen LogP contribution in [0.5, 0.6) is 0 Å². The fourth-order valence-electron chi connectivity index (χ4n) is 5.88. The molecular weight excluding hydrogens is 580 g/mol. The number of aliphatic hydroxyl groups excluding tert-OH is 2. The molecule has 6 rings (SSSR count). The minimum atomic E-state index is -0.240. The van der Waals surface area contributed by atoms with Gasteiger partial charge >= 0.3 is 0 Å². The molecule has 0 saturated carbocycles. The van der Waals surface area contributed by atoms with Crippen molar-refractivity contribution < 1.29 is 24.6 Å². The van der Waals surface area contributed by atoms with Crippen molar-refractivity contribution in [1.82, 2.24) is 0 Å². The molecule has 0 aromatic heterocycles. The normalized spacial score (nSPS) is 15.8. The lowest BCUT2D eigenvalue weighted by Gasteiger charge is -2.31. The topological polar surface area (TPSA) is 122 Å². The fraction of sp³-hybridized carbons (Fsp3) is 0.270. The first-order valence-corrected chi connectivity index (χ1v) is 15.8. The second-order valence-electron chi connectivity index (χ2n) is 11.9. The third-order valence-electron chi connectivity index (χ3n) is 8.73. The molecule has 0 atom stereocenters. The minimum Gasteiger partial charge on any atom is -0.393 e.